The lowest BCUT2D eigenvalue weighted by molar-refractivity contribution is -0.113. The van der Waals surface area contributed by atoms with Gasteiger partial charge in [-0.3, -0.25) is 9.89 Å². The molecule has 3 rings (SSSR count). The van der Waals surface area contributed by atoms with Crippen molar-refractivity contribution in [1.29, 1.82) is 0 Å². The Hall–Kier alpha value is -3.53. The van der Waals surface area contributed by atoms with Gasteiger partial charge in [0.1, 0.15) is 11.5 Å². The molecule has 2 N–H and O–H groups in total. The minimum absolute atomic E-state index is 0.0984. The maximum absolute atomic E-state index is 12.2. The summed E-state index contributed by atoms with van der Waals surface area (Å²) in [6.07, 6.45) is 0. The summed E-state index contributed by atoms with van der Waals surface area (Å²) in [6, 6.07) is 11.9. The van der Waals surface area contributed by atoms with Crippen molar-refractivity contribution in [2.45, 2.75) is 5.16 Å². The molecule has 0 aliphatic rings. The number of thioether (sulfide) groups is 1. The summed E-state index contributed by atoms with van der Waals surface area (Å²) in [4.78, 5) is 28.2. The van der Waals surface area contributed by atoms with Crippen molar-refractivity contribution in [3.63, 3.8) is 0 Å². The monoisotopic (exact) mass is 428 g/mol. The van der Waals surface area contributed by atoms with Gasteiger partial charge in [-0.15, -0.1) is 5.10 Å². The summed E-state index contributed by atoms with van der Waals surface area (Å²) in [7, 11) is 4.44. The van der Waals surface area contributed by atoms with E-state index >= 15 is 0 Å². The van der Waals surface area contributed by atoms with Gasteiger partial charge in [-0.05, 0) is 30.3 Å². The quantitative estimate of drug-likeness (QED) is 0.416. The van der Waals surface area contributed by atoms with Crippen LogP contribution in [0.3, 0.4) is 0 Å². The Kier molecular flexibility index (Phi) is 6.91. The van der Waals surface area contributed by atoms with Gasteiger partial charge < -0.3 is 19.5 Å². The van der Waals surface area contributed by atoms with Gasteiger partial charge in [-0.1, -0.05) is 17.8 Å². The van der Waals surface area contributed by atoms with E-state index in [0.29, 0.717) is 33.7 Å². The van der Waals surface area contributed by atoms with Gasteiger partial charge in [0.25, 0.3) is 0 Å². The highest BCUT2D eigenvalue weighted by Crippen LogP contribution is 2.28. The number of nitrogens with one attached hydrogen (secondary N) is 2. The number of benzene rings is 2. The Labute approximate surface area is 177 Å². The molecule has 1 amide bonds. The third kappa shape index (κ3) is 5.29. The highest BCUT2D eigenvalue weighted by molar-refractivity contribution is 7.99. The van der Waals surface area contributed by atoms with E-state index in [1.807, 2.05) is 0 Å². The number of hydrogen-bond donors (Lipinski definition) is 2. The lowest BCUT2D eigenvalue weighted by atomic mass is 10.2. The number of rotatable bonds is 8. The molecule has 3 aromatic rings. The highest BCUT2D eigenvalue weighted by Gasteiger charge is 2.12. The third-order valence-corrected chi connectivity index (χ3v) is 4.84. The average Bonchev–Trinajstić information content (AvgIpc) is 3.26. The molecule has 1 heterocycles. The van der Waals surface area contributed by atoms with Crippen molar-refractivity contribution < 1.29 is 23.8 Å². The smallest absolute Gasteiger partial charge is 0.337 e. The van der Waals surface area contributed by atoms with E-state index in [1.54, 1.807) is 56.7 Å². The summed E-state index contributed by atoms with van der Waals surface area (Å²) >= 11 is 1.18. The lowest BCUT2D eigenvalue weighted by Gasteiger charge is -2.06. The Bertz CT molecular complexity index is 1030. The number of carbonyl (C=O) groups excluding carboxylic acids is 2. The maximum atomic E-state index is 12.2. The molecule has 156 valence electrons. The Balaban J connectivity index is 1.62. The fourth-order valence-electron chi connectivity index (χ4n) is 2.55. The van der Waals surface area contributed by atoms with Gasteiger partial charge in [0.05, 0.1) is 32.6 Å². The molecular formula is C20H20N4O5S. The van der Waals surface area contributed by atoms with Gasteiger partial charge in [-0.2, -0.15) is 0 Å². The van der Waals surface area contributed by atoms with Crippen LogP contribution < -0.4 is 14.8 Å². The number of H-pyrrole nitrogens is 1. The fourth-order valence-corrected chi connectivity index (χ4v) is 3.15. The Morgan fingerprint density at radius 1 is 1.07 bits per heavy atom. The summed E-state index contributed by atoms with van der Waals surface area (Å²) in [5.41, 5.74) is 1.60. The van der Waals surface area contributed by atoms with Gasteiger partial charge >= 0.3 is 5.97 Å². The van der Waals surface area contributed by atoms with Crippen LogP contribution in [0, 0.1) is 0 Å². The van der Waals surface area contributed by atoms with Gasteiger partial charge in [0, 0.05) is 17.3 Å². The zero-order valence-corrected chi connectivity index (χ0v) is 17.4. The molecule has 1 aromatic heterocycles. The molecule has 0 unspecified atom stereocenters. The summed E-state index contributed by atoms with van der Waals surface area (Å²) in [6.45, 7) is 0. The molecule has 0 saturated heterocycles. The molecule has 0 atom stereocenters. The van der Waals surface area contributed by atoms with Crippen LogP contribution in [-0.4, -0.2) is 54.1 Å². The van der Waals surface area contributed by atoms with Gasteiger partial charge in [-0.25, -0.2) is 9.78 Å². The fraction of sp³-hybridized carbons (Fsp3) is 0.200. The molecule has 30 heavy (non-hydrogen) atoms. The number of aromatic amines is 1. The molecule has 0 fully saturated rings. The minimum atomic E-state index is -0.470. The van der Waals surface area contributed by atoms with E-state index in [4.69, 9.17) is 9.47 Å². The number of esters is 1. The van der Waals surface area contributed by atoms with Crippen LogP contribution in [0.5, 0.6) is 11.5 Å². The molecular weight excluding hydrogens is 408 g/mol. The largest absolute Gasteiger partial charge is 0.497 e. The number of carbonyl (C=O) groups is 2. The Morgan fingerprint density at radius 3 is 2.47 bits per heavy atom. The standard InChI is InChI=1S/C20H20N4O5S/c1-27-15-8-13(9-16(10-15)28-2)18-22-20(24-23-18)30-11-17(25)21-14-6-4-5-12(7-14)19(26)29-3/h4-10H,11H2,1-3H3,(H,21,25)(H,22,23,24). The normalized spacial score (nSPS) is 10.4. The molecule has 0 saturated carbocycles. The van der Waals surface area contributed by atoms with Crippen molar-refractivity contribution in [1.82, 2.24) is 15.2 Å². The number of methoxy groups -OCH3 is 3. The second-order valence-electron chi connectivity index (χ2n) is 5.98. The molecule has 10 heteroatoms. The number of anilines is 1. The molecule has 0 radical (unpaired) electrons. The maximum Gasteiger partial charge on any atom is 0.337 e. The van der Waals surface area contributed by atoms with Crippen molar-refractivity contribution in [2.24, 2.45) is 0 Å². The number of nitrogens with zero attached hydrogens (tertiary/aromatic N) is 2. The first-order valence-corrected chi connectivity index (χ1v) is 9.78. The lowest BCUT2D eigenvalue weighted by Crippen LogP contribution is -2.14. The van der Waals surface area contributed by atoms with E-state index in [2.05, 4.69) is 25.2 Å². The first-order valence-electron chi connectivity index (χ1n) is 8.79. The van der Waals surface area contributed by atoms with E-state index < -0.39 is 5.97 Å². The van der Waals surface area contributed by atoms with E-state index in [0.717, 1.165) is 5.56 Å². The number of aromatic nitrogens is 3. The Morgan fingerprint density at radius 2 is 1.80 bits per heavy atom. The molecule has 0 aliphatic carbocycles. The van der Waals surface area contributed by atoms with Crippen LogP contribution in [0.25, 0.3) is 11.4 Å². The van der Waals surface area contributed by atoms with E-state index in [9.17, 15) is 9.59 Å². The van der Waals surface area contributed by atoms with E-state index in [-0.39, 0.29) is 11.7 Å². The predicted octanol–water partition coefficient (Wildman–Crippen LogP) is 3.01. The summed E-state index contributed by atoms with van der Waals surface area (Å²) in [5, 5.41) is 10.1. The summed E-state index contributed by atoms with van der Waals surface area (Å²) in [5.74, 6) is 1.16. The van der Waals surface area contributed by atoms with Crippen LogP contribution in [0.2, 0.25) is 0 Å². The van der Waals surface area contributed by atoms with Crippen LogP contribution >= 0.6 is 11.8 Å². The summed E-state index contributed by atoms with van der Waals surface area (Å²) < 4.78 is 15.2. The predicted molar refractivity (Wildman–Crippen MR) is 112 cm³/mol. The number of hydrogen-bond acceptors (Lipinski definition) is 8. The first-order chi connectivity index (χ1) is 14.5. The second-order valence-corrected chi connectivity index (χ2v) is 6.92. The van der Waals surface area contributed by atoms with E-state index in [1.165, 1.54) is 18.9 Å². The van der Waals surface area contributed by atoms with Gasteiger partial charge in [0.15, 0.2) is 5.82 Å². The van der Waals surface area contributed by atoms with Crippen molar-refractivity contribution in [3.8, 4) is 22.9 Å². The van der Waals surface area contributed by atoms with Crippen LogP contribution in [-0.2, 0) is 9.53 Å². The van der Waals surface area contributed by atoms with Crippen molar-refractivity contribution in [2.75, 3.05) is 32.4 Å². The zero-order valence-electron chi connectivity index (χ0n) is 16.6. The van der Waals surface area contributed by atoms with Crippen LogP contribution in [0.1, 0.15) is 10.4 Å². The topological polar surface area (TPSA) is 115 Å². The number of amides is 1. The number of ether oxygens (including phenoxy) is 3. The molecule has 0 spiro atoms. The molecule has 0 bridgehead atoms. The highest BCUT2D eigenvalue weighted by atomic mass is 32.2. The third-order valence-electron chi connectivity index (χ3n) is 3.99. The molecule has 0 aliphatic heterocycles. The van der Waals surface area contributed by atoms with Gasteiger partial charge in [0.2, 0.25) is 11.1 Å². The first kappa shape index (κ1) is 21.2. The SMILES string of the molecule is COC(=O)c1cccc(NC(=O)CSc2n[nH]c(-c3cc(OC)cc(OC)c3)n2)c1. The minimum Gasteiger partial charge on any atom is -0.497 e. The molecule has 2 aromatic carbocycles. The second kappa shape index (κ2) is 9.79. The zero-order chi connectivity index (χ0) is 21.5. The average molecular weight is 428 g/mol. The van der Waals surface area contributed by atoms with Crippen LogP contribution in [0.15, 0.2) is 47.6 Å². The molecule has 9 nitrogen and oxygen atoms in total. The van der Waals surface area contributed by atoms with Crippen molar-refractivity contribution in [3.05, 3.63) is 48.0 Å². The van der Waals surface area contributed by atoms with Crippen molar-refractivity contribution >= 4 is 29.3 Å². The van der Waals surface area contributed by atoms with Crippen LogP contribution in [0.4, 0.5) is 5.69 Å².